The lowest BCUT2D eigenvalue weighted by atomic mass is 10.3. The van der Waals surface area contributed by atoms with E-state index in [0.29, 0.717) is 0 Å². The molecule has 0 saturated carbocycles. The molecule has 0 radical (unpaired) electrons. The van der Waals surface area contributed by atoms with Gasteiger partial charge in [0.05, 0.1) is 17.4 Å². The number of nitrogens with zero attached hydrogens (tertiary/aromatic N) is 3. The van der Waals surface area contributed by atoms with E-state index < -0.39 is 0 Å². The SMILES string of the molecule is Cc1ccsc1C=Nn1c(-c2ccco2)csc1=NC(C)C. The van der Waals surface area contributed by atoms with Crippen molar-refractivity contribution in [3.8, 4) is 11.5 Å². The van der Waals surface area contributed by atoms with Crippen LogP contribution in [0.5, 0.6) is 0 Å². The third-order valence-electron chi connectivity index (χ3n) is 3.02. The molecule has 3 aromatic rings. The first-order chi connectivity index (χ1) is 10.6. The molecule has 0 aliphatic carbocycles. The third kappa shape index (κ3) is 3.13. The van der Waals surface area contributed by atoms with Gasteiger partial charge < -0.3 is 4.42 Å². The summed E-state index contributed by atoms with van der Waals surface area (Å²) in [5.74, 6) is 0.793. The Kier molecular flexibility index (Phi) is 4.40. The van der Waals surface area contributed by atoms with E-state index in [1.54, 1.807) is 28.9 Å². The minimum atomic E-state index is 0.216. The lowest BCUT2D eigenvalue weighted by molar-refractivity contribution is 0.575. The molecule has 4 nitrogen and oxygen atoms in total. The summed E-state index contributed by atoms with van der Waals surface area (Å²) in [4.78, 5) is 6.66. The van der Waals surface area contributed by atoms with Crippen molar-refractivity contribution in [3.05, 3.63) is 50.5 Å². The Morgan fingerprint density at radius 2 is 2.14 bits per heavy atom. The molecule has 0 saturated heterocycles. The van der Waals surface area contributed by atoms with Crippen LogP contribution in [0.1, 0.15) is 24.3 Å². The van der Waals surface area contributed by atoms with E-state index in [-0.39, 0.29) is 6.04 Å². The van der Waals surface area contributed by atoms with E-state index in [0.717, 1.165) is 21.1 Å². The summed E-state index contributed by atoms with van der Waals surface area (Å²) in [6.07, 6.45) is 3.56. The van der Waals surface area contributed by atoms with Crippen LogP contribution in [-0.4, -0.2) is 16.9 Å². The fourth-order valence-corrected chi connectivity index (χ4v) is 3.67. The highest BCUT2D eigenvalue weighted by molar-refractivity contribution is 7.11. The van der Waals surface area contributed by atoms with Crippen molar-refractivity contribution in [1.82, 2.24) is 4.68 Å². The highest BCUT2D eigenvalue weighted by Gasteiger charge is 2.10. The van der Waals surface area contributed by atoms with Gasteiger partial charge in [0.15, 0.2) is 5.76 Å². The molecule has 0 amide bonds. The molecule has 0 N–H and O–H groups in total. The summed E-state index contributed by atoms with van der Waals surface area (Å²) in [7, 11) is 0. The maximum Gasteiger partial charge on any atom is 0.206 e. The molecular weight excluding hydrogens is 314 g/mol. The Hall–Kier alpha value is -1.92. The van der Waals surface area contributed by atoms with Gasteiger partial charge in [0, 0.05) is 11.4 Å². The number of hydrogen-bond acceptors (Lipinski definition) is 5. The fourth-order valence-electron chi connectivity index (χ4n) is 1.94. The molecule has 0 bridgehead atoms. The second kappa shape index (κ2) is 6.46. The summed E-state index contributed by atoms with van der Waals surface area (Å²) in [6.45, 7) is 6.20. The van der Waals surface area contributed by atoms with E-state index >= 15 is 0 Å². The Labute approximate surface area is 137 Å². The molecule has 0 aromatic carbocycles. The molecule has 6 heteroatoms. The van der Waals surface area contributed by atoms with Crippen molar-refractivity contribution < 1.29 is 4.42 Å². The summed E-state index contributed by atoms with van der Waals surface area (Å²) in [5, 5.41) is 8.73. The molecule has 0 atom stereocenters. The van der Waals surface area contributed by atoms with E-state index in [1.165, 1.54) is 5.56 Å². The van der Waals surface area contributed by atoms with Crippen molar-refractivity contribution >= 4 is 28.9 Å². The zero-order valence-corrected chi connectivity index (χ0v) is 14.3. The van der Waals surface area contributed by atoms with Gasteiger partial charge in [0.25, 0.3) is 0 Å². The average Bonchev–Trinajstić information content (AvgIpc) is 3.17. The number of aryl methyl sites for hydroxylation is 1. The predicted octanol–water partition coefficient (Wildman–Crippen LogP) is 4.37. The quantitative estimate of drug-likeness (QED) is 0.655. The van der Waals surface area contributed by atoms with E-state index in [2.05, 4.69) is 42.3 Å². The van der Waals surface area contributed by atoms with E-state index in [4.69, 9.17) is 4.42 Å². The van der Waals surface area contributed by atoms with Crippen LogP contribution in [0.25, 0.3) is 11.5 Å². The summed E-state index contributed by atoms with van der Waals surface area (Å²) < 4.78 is 7.36. The second-order valence-electron chi connectivity index (χ2n) is 5.13. The van der Waals surface area contributed by atoms with Gasteiger partial charge >= 0.3 is 0 Å². The number of aromatic nitrogens is 1. The molecule has 3 heterocycles. The summed E-state index contributed by atoms with van der Waals surface area (Å²) >= 11 is 3.25. The average molecular weight is 331 g/mol. The standard InChI is InChI=1S/C16H17N3OS2/c1-11(2)18-16-19(17-9-15-12(3)6-8-21-15)13(10-22-16)14-5-4-7-20-14/h4-11H,1-3H3. The Morgan fingerprint density at radius 3 is 2.77 bits per heavy atom. The minimum absolute atomic E-state index is 0.216. The Morgan fingerprint density at radius 1 is 1.27 bits per heavy atom. The second-order valence-corrected chi connectivity index (χ2v) is 6.91. The number of thiophene rings is 1. The summed E-state index contributed by atoms with van der Waals surface area (Å²) in [6, 6.07) is 6.12. The van der Waals surface area contributed by atoms with Gasteiger partial charge in [-0.15, -0.1) is 22.7 Å². The van der Waals surface area contributed by atoms with Crippen LogP contribution in [0.3, 0.4) is 0 Å². The van der Waals surface area contributed by atoms with Crippen molar-refractivity contribution in [3.63, 3.8) is 0 Å². The largest absolute Gasteiger partial charge is 0.463 e. The van der Waals surface area contributed by atoms with E-state index in [9.17, 15) is 0 Å². The number of thiazole rings is 1. The van der Waals surface area contributed by atoms with Gasteiger partial charge in [-0.05, 0) is 49.9 Å². The molecule has 0 fully saturated rings. The zero-order valence-electron chi connectivity index (χ0n) is 12.7. The smallest absolute Gasteiger partial charge is 0.206 e. The Balaban J connectivity index is 2.09. The van der Waals surface area contributed by atoms with Crippen LogP contribution >= 0.6 is 22.7 Å². The third-order valence-corrected chi connectivity index (χ3v) is 4.80. The normalized spacial score (nSPS) is 12.8. The topological polar surface area (TPSA) is 42.8 Å². The molecular formula is C16H17N3OS2. The number of hydrogen-bond donors (Lipinski definition) is 0. The van der Waals surface area contributed by atoms with Gasteiger partial charge in [0.1, 0.15) is 5.69 Å². The molecule has 22 heavy (non-hydrogen) atoms. The van der Waals surface area contributed by atoms with Gasteiger partial charge in [-0.1, -0.05) is 0 Å². The Bertz CT molecular complexity index is 835. The minimum Gasteiger partial charge on any atom is -0.463 e. The van der Waals surface area contributed by atoms with Crippen LogP contribution in [0, 0.1) is 6.92 Å². The number of rotatable bonds is 4. The van der Waals surface area contributed by atoms with Gasteiger partial charge in [-0.25, -0.2) is 4.68 Å². The van der Waals surface area contributed by atoms with Crippen LogP contribution in [-0.2, 0) is 0 Å². The highest BCUT2D eigenvalue weighted by atomic mass is 32.1. The number of furan rings is 1. The first kappa shape index (κ1) is 15.0. The molecule has 3 rings (SSSR count). The highest BCUT2D eigenvalue weighted by Crippen LogP contribution is 2.21. The van der Waals surface area contributed by atoms with Gasteiger partial charge in [-0.3, -0.25) is 4.99 Å². The molecule has 0 spiro atoms. The predicted molar refractivity (Wildman–Crippen MR) is 92.8 cm³/mol. The van der Waals surface area contributed by atoms with Crippen LogP contribution in [0.2, 0.25) is 0 Å². The van der Waals surface area contributed by atoms with E-state index in [1.807, 2.05) is 28.4 Å². The fraction of sp³-hybridized carbons (Fsp3) is 0.250. The zero-order chi connectivity index (χ0) is 15.5. The van der Waals surface area contributed by atoms with Crippen molar-refractivity contribution in [2.24, 2.45) is 10.1 Å². The molecule has 3 aromatic heterocycles. The van der Waals surface area contributed by atoms with Gasteiger partial charge in [-0.2, -0.15) is 5.10 Å². The maximum absolute atomic E-state index is 5.51. The lowest BCUT2D eigenvalue weighted by Crippen LogP contribution is -2.14. The van der Waals surface area contributed by atoms with Crippen LogP contribution in [0.15, 0.2) is 49.7 Å². The van der Waals surface area contributed by atoms with Crippen molar-refractivity contribution in [2.45, 2.75) is 26.8 Å². The van der Waals surface area contributed by atoms with Crippen LogP contribution < -0.4 is 4.80 Å². The van der Waals surface area contributed by atoms with Crippen molar-refractivity contribution in [1.29, 1.82) is 0 Å². The van der Waals surface area contributed by atoms with Gasteiger partial charge in [0.2, 0.25) is 4.80 Å². The summed E-state index contributed by atoms with van der Waals surface area (Å²) in [5.41, 5.74) is 2.14. The molecule has 0 aliphatic rings. The lowest BCUT2D eigenvalue weighted by Gasteiger charge is -2.01. The monoisotopic (exact) mass is 331 g/mol. The molecule has 0 unspecified atom stereocenters. The first-order valence-electron chi connectivity index (χ1n) is 7.02. The van der Waals surface area contributed by atoms with Crippen molar-refractivity contribution in [2.75, 3.05) is 0 Å². The van der Waals surface area contributed by atoms with Crippen LogP contribution in [0.4, 0.5) is 0 Å². The molecule has 0 aliphatic heterocycles. The maximum atomic E-state index is 5.51. The first-order valence-corrected chi connectivity index (χ1v) is 8.78. The molecule has 114 valence electrons.